The van der Waals surface area contributed by atoms with Crippen molar-refractivity contribution < 1.29 is 4.79 Å². The van der Waals surface area contributed by atoms with Crippen LogP contribution in [0, 0.1) is 5.92 Å². The van der Waals surface area contributed by atoms with E-state index in [0.717, 1.165) is 12.4 Å². The molecule has 0 saturated carbocycles. The summed E-state index contributed by atoms with van der Waals surface area (Å²) >= 11 is 0. The van der Waals surface area contributed by atoms with Crippen LogP contribution in [0.2, 0.25) is 0 Å². The number of carbonyl (C=O) groups is 1. The molecule has 2 aliphatic rings. The number of fused-ring (bicyclic) bond motifs is 1. The average Bonchev–Trinajstić information content (AvgIpc) is 2.07. The molecule has 0 aromatic heterocycles. The number of nitrogens with zero attached hydrogens (tertiary/aromatic N) is 2. The minimum Gasteiger partial charge on any atom is -0.332 e. The highest BCUT2D eigenvalue weighted by molar-refractivity contribution is 6.04. The van der Waals surface area contributed by atoms with Gasteiger partial charge in [0, 0.05) is 12.7 Å². The Kier molecular flexibility index (Phi) is 1.57. The number of carbonyl (C=O) groups excluding carboxylic acids is 1. The highest BCUT2D eigenvalue weighted by atomic mass is 16.1. The van der Waals surface area contributed by atoms with Crippen LogP contribution in [0.5, 0.6) is 0 Å². The third kappa shape index (κ3) is 1.07. The van der Waals surface area contributed by atoms with Gasteiger partial charge in [-0.2, -0.15) is 4.99 Å². The van der Waals surface area contributed by atoms with E-state index >= 15 is 0 Å². The SMILES string of the molecule is CC1CN2C=CC=CC2=NC1=O. The highest BCUT2D eigenvalue weighted by Crippen LogP contribution is 2.14. The van der Waals surface area contributed by atoms with Gasteiger partial charge in [0.2, 0.25) is 0 Å². The van der Waals surface area contributed by atoms with Crippen LogP contribution in [0.1, 0.15) is 6.92 Å². The van der Waals surface area contributed by atoms with Crippen molar-refractivity contribution in [2.75, 3.05) is 6.54 Å². The molecule has 0 fully saturated rings. The summed E-state index contributed by atoms with van der Waals surface area (Å²) in [4.78, 5) is 17.1. The number of allylic oxidation sites excluding steroid dienone is 2. The van der Waals surface area contributed by atoms with Crippen LogP contribution < -0.4 is 0 Å². The van der Waals surface area contributed by atoms with Crippen LogP contribution in [0.3, 0.4) is 0 Å². The Labute approximate surface area is 71.1 Å². The van der Waals surface area contributed by atoms with Crippen molar-refractivity contribution in [2.24, 2.45) is 10.9 Å². The Morgan fingerprint density at radius 3 is 3.25 bits per heavy atom. The van der Waals surface area contributed by atoms with Gasteiger partial charge in [0.1, 0.15) is 5.84 Å². The Morgan fingerprint density at radius 1 is 1.58 bits per heavy atom. The fourth-order valence-corrected chi connectivity index (χ4v) is 1.32. The zero-order valence-electron chi connectivity index (χ0n) is 6.90. The number of aliphatic imine (C=N–C) groups is 1. The molecule has 2 heterocycles. The molecule has 3 nitrogen and oxygen atoms in total. The van der Waals surface area contributed by atoms with E-state index in [-0.39, 0.29) is 11.8 Å². The second-order valence-electron chi connectivity index (χ2n) is 3.06. The van der Waals surface area contributed by atoms with Crippen molar-refractivity contribution in [3.63, 3.8) is 0 Å². The quantitative estimate of drug-likeness (QED) is 0.531. The van der Waals surface area contributed by atoms with Crippen LogP contribution in [-0.2, 0) is 4.79 Å². The molecule has 0 aromatic rings. The molecular formula is C9H10N2O. The van der Waals surface area contributed by atoms with Crippen LogP contribution in [0.4, 0.5) is 0 Å². The standard InChI is InChI=1S/C9H10N2O/c1-7-6-11-5-3-2-4-8(11)10-9(7)12/h2-5,7H,6H2,1H3. The average molecular weight is 162 g/mol. The van der Waals surface area contributed by atoms with Crippen molar-refractivity contribution in [1.29, 1.82) is 0 Å². The van der Waals surface area contributed by atoms with Crippen LogP contribution in [-0.4, -0.2) is 23.2 Å². The third-order valence-corrected chi connectivity index (χ3v) is 2.03. The lowest BCUT2D eigenvalue weighted by Gasteiger charge is -2.28. The molecule has 3 heteroatoms. The smallest absolute Gasteiger partial charge is 0.252 e. The van der Waals surface area contributed by atoms with Gasteiger partial charge >= 0.3 is 0 Å². The first-order chi connectivity index (χ1) is 5.77. The van der Waals surface area contributed by atoms with Gasteiger partial charge in [-0.15, -0.1) is 0 Å². The van der Waals surface area contributed by atoms with Crippen molar-refractivity contribution in [3.05, 3.63) is 24.4 Å². The maximum Gasteiger partial charge on any atom is 0.252 e. The zero-order valence-corrected chi connectivity index (χ0v) is 6.90. The van der Waals surface area contributed by atoms with Crippen molar-refractivity contribution in [2.45, 2.75) is 6.92 Å². The Bertz CT molecular complexity index is 302. The second-order valence-corrected chi connectivity index (χ2v) is 3.06. The normalized spacial score (nSPS) is 27.1. The van der Waals surface area contributed by atoms with E-state index in [1.54, 1.807) is 0 Å². The van der Waals surface area contributed by atoms with Gasteiger partial charge in [0.05, 0.1) is 5.92 Å². The van der Waals surface area contributed by atoms with Crippen molar-refractivity contribution in [3.8, 4) is 0 Å². The fourth-order valence-electron chi connectivity index (χ4n) is 1.32. The molecule has 0 aliphatic carbocycles. The maximum atomic E-state index is 11.2. The van der Waals surface area contributed by atoms with E-state index in [1.165, 1.54) is 0 Å². The predicted octanol–water partition coefficient (Wildman–Crippen LogP) is 0.947. The summed E-state index contributed by atoms with van der Waals surface area (Å²) in [6.45, 7) is 2.65. The second kappa shape index (κ2) is 2.59. The number of amidine groups is 1. The summed E-state index contributed by atoms with van der Waals surface area (Å²) in [6.07, 6.45) is 7.63. The first-order valence-corrected chi connectivity index (χ1v) is 4.01. The molecule has 0 aromatic carbocycles. The van der Waals surface area contributed by atoms with E-state index in [4.69, 9.17) is 0 Å². The molecule has 1 amide bonds. The lowest BCUT2D eigenvalue weighted by molar-refractivity contribution is -0.121. The molecule has 0 radical (unpaired) electrons. The number of hydrogen-bond acceptors (Lipinski definition) is 2. The van der Waals surface area contributed by atoms with Crippen molar-refractivity contribution in [1.82, 2.24) is 4.90 Å². The molecule has 0 N–H and O–H groups in total. The molecule has 62 valence electrons. The summed E-state index contributed by atoms with van der Waals surface area (Å²) in [5, 5.41) is 0. The summed E-state index contributed by atoms with van der Waals surface area (Å²) in [6, 6.07) is 0. The van der Waals surface area contributed by atoms with Gasteiger partial charge in [-0.3, -0.25) is 4.79 Å². The van der Waals surface area contributed by atoms with Crippen LogP contribution >= 0.6 is 0 Å². The van der Waals surface area contributed by atoms with Crippen LogP contribution in [0.25, 0.3) is 0 Å². The molecule has 0 bridgehead atoms. The summed E-state index contributed by atoms with van der Waals surface area (Å²) < 4.78 is 0. The minimum atomic E-state index is -0.0128. The summed E-state index contributed by atoms with van der Waals surface area (Å²) in [5.41, 5.74) is 0. The van der Waals surface area contributed by atoms with Gasteiger partial charge in [-0.25, -0.2) is 0 Å². The highest BCUT2D eigenvalue weighted by Gasteiger charge is 2.23. The first kappa shape index (κ1) is 7.28. The Hall–Kier alpha value is -1.38. The predicted molar refractivity (Wildman–Crippen MR) is 46.6 cm³/mol. The van der Waals surface area contributed by atoms with Crippen LogP contribution in [0.15, 0.2) is 29.4 Å². The Morgan fingerprint density at radius 2 is 2.42 bits per heavy atom. The monoisotopic (exact) mass is 162 g/mol. The molecule has 1 atom stereocenters. The number of hydrogen-bond donors (Lipinski definition) is 0. The fraction of sp³-hybridized carbons (Fsp3) is 0.333. The first-order valence-electron chi connectivity index (χ1n) is 4.01. The van der Waals surface area contributed by atoms with E-state index in [0.29, 0.717) is 0 Å². The van der Waals surface area contributed by atoms with Gasteiger partial charge in [-0.1, -0.05) is 13.0 Å². The lowest BCUT2D eigenvalue weighted by atomic mass is 10.1. The van der Waals surface area contributed by atoms with Gasteiger partial charge in [0.25, 0.3) is 5.91 Å². The van der Waals surface area contributed by atoms with E-state index in [9.17, 15) is 4.79 Å². The molecule has 12 heavy (non-hydrogen) atoms. The summed E-state index contributed by atoms with van der Waals surface area (Å²) in [5.74, 6) is 0.770. The van der Waals surface area contributed by atoms with Gasteiger partial charge in [0.15, 0.2) is 0 Å². The number of rotatable bonds is 0. The molecule has 0 spiro atoms. The third-order valence-electron chi connectivity index (χ3n) is 2.03. The Balaban J connectivity index is 2.33. The molecule has 0 saturated heterocycles. The lowest BCUT2D eigenvalue weighted by Crippen LogP contribution is -2.38. The zero-order chi connectivity index (χ0) is 8.55. The number of amides is 1. The molecule has 1 unspecified atom stereocenters. The topological polar surface area (TPSA) is 32.7 Å². The largest absolute Gasteiger partial charge is 0.332 e. The molecule has 2 aliphatic heterocycles. The van der Waals surface area contributed by atoms with E-state index in [1.807, 2.05) is 36.3 Å². The van der Waals surface area contributed by atoms with Crippen molar-refractivity contribution >= 4 is 11.7 Å². The molecular weight excluding hydrogens is 152 g/mol. The maximum absolute atomic E-state index is 11.2. The summed E-state index contributed by atoms with van der Waals surface area (Å²) in [7, 11) is 0. The van der Waals surface area contributed by atoms with Gasteiger partial charge in [-0.05, 0) is 12.2 Å². The van der Waals surface area contributed by atoms with E-state index < -0.39 is 0 Å². The van der Waals surface area contributed by atoms with Gasteiger partial charge < -0.3 is 4.90 Å². The molecule has 2 rings (SSSR count). The van der Waals surface area contributed by atoms with E-state index in [2.05, 4.69) is 4.99 Å². The minimum absolute atomic E-state index is 0.0128.